The van der Waals surface area contributed by atoms with E-state index < -0.39 is 25.4 Å². The van der Waals surface area contributed by atoms with Crippen LogP contribution in [-0.4, -0.2) is 61.4 Å². The zero-order valence-corrected chi connectivity index (χ0v) is 17.3. The largest absolute Gasteiger partial charge is 0.522 e. The standard InChI is InChI=1S/C18H19ClF4N4O5/c19-13-2-1-12(9-14(13)20)30-10-15(28)24-11-3-5-27(6-4-11)16-25-26-17(32-16)29-7-8-31-18(21,22)23/h1-2,9,11H,3-8,10H2,(H,24,28). The minimum atomic E-state index is -4.73. The van der Waals surface area contributed by atoms with Crippen molar-refractivity contribution in [3.05, 3.63) is 29.0 Å². The molecule has 1 amide bonds. The lowest BCUT2D eigenvalue weighted by Crippen LogP contribution is -2.46. The second-order valence-corrected chi connectivity index (χ2v) is 7.09. The number of nitrogens with zero attached hydrogens (tertiary/aromatic N) is 3. The highest BCUT2D eigenvalue weighted by Gasteiger charge is 2.29. The summed E-state index contributed by atoms with van der Waals surface area (Å²) in [4.78, 5) is 13.8. The highest BCUT2D eigenvalue weighted by atomic mass is 35.5. The molecular weight excluding hydrogens is 464 g/mol. The van der Waals surface area contributed by atoms with Gasteiger partial charge in [0.1, 0.15) is 18.2 Å². The van der Waals surface area contributed by atoms with Gasteiger partial charge in [0.05, 0.1) is 11.6 Å². The topological polar surface area (TPSA) is 99.0 Å². The summed E-state index contributed by atoms with van der Waals surface area (Å²) in [7, 11) is 0. The summed E-state index contributed by atoms with van der Waals surface area (Å²) in [6.07, 6.45) is -3.83. The molecule has 0 radical (unpaired) electrons. The molecule has 0 aliphatic carbocycles. The Labute approximate surface area is 184 Å². The van der Waals surface area contributed by atoms with E-state index in [-0.39, 0.29) is 41.4 Å². The minimum absolute atomic E-state index is 0.0380. The van der Waals surface area contributed by atoms with Crippen molar-refractivity contribution in [2.45, 2.75) is 25.2 Å². The smallest absolute Gasteiger partial charge is 0.484 e. The van der Waals surface area contributed by atoms with Gasteiger partial charge in [0.15, 0.2) is 6.61 Å². The van der Waals surface area contributed by atoms with Gasteiger partial charge in [-0.25, -0.2) is 4.39 Å². The van der Waals surface area contributed by atoms with Crippen molar-refractivity contribution in [1.29, 1.82) is 0 Å². The van der Waals surface area contributed by atoms with Crippen LogP contribution in [0.2, 0.25) is 5.02 Å². The fourth-order valence-corrected chi connectivity index (χ4v) is 2.99. The number of anilines is 1. The van der Waals surface area contributed by atoms with Gasteiger partial charge in [-0.2, -0.15) is 0 Å². The number of carbonyl (C=O) groups excluding carboxylic acids is 1. The number of hydrogen-bond acceptors (Lipinski definition) is 8. The van der Waals surface area contributed by atoms with Crippen LogP contribution in [0, 0.1) is 5.82 Å². The molecule has 1 aromatic carbocycles. The van der Waals surface area contributed by atoms with Crippen LogP contribution >= 0.6 is 11.6 Å². The molecule has 0 unspecified atom stereocenters. The van der Waals surface area contributed by atoms with E-state index in [1.54, 1.807) is 4.90 Å². The molecule has 3 rings (SSSR count). The molecular formula is C18H19ClF4N4O5. The van der Waals surface area contributed by atoms with Crippen molar-refractivity contribution in [2.75, 3.05) is 37.8 Å². The van der Waals surface area contributed by atoms with Crippen molar-refractivity contribution >= 4 is 23.5 Å². The molecule has 9 nitrogen and oxygen atoms in total. The van der Waals surface area contributed by atoms with Gasteiger partial charge in [0.25, 0.3) is 5.91 Å². The minimum Gasteiger partial charge on any atom is -0.484 e. The Morgan fingerprint density at radius 2 is 1.97 bits per heavy atom. The molecule has 1 aliphatic rings. The monoisotopic (exact) mass is 482 g/mol. The number of rotatable bonds is 9. The van der Waals surface area contributed by atoms with Gasteiger partial charge < -0.3 is 24.1 Å². The van der Waals surface area contributed by atoms with Gasteiger partial charge in [-0.3, -0.25) is 9.53 Å². The number of hydrogen-bond donors (Lipinski definition) is 1. The molecule has 1 aromatic heterocycles. The van der Waals surface area contributed by atoms with E-state index in [0.29, 0.717) is 25.9 Å². The second-order valence-electron chi connectivity index (χ2n) is 6.69. The van der Waals surface area contributed by atoms with E-state index >= 15 is 0 Å². The zero-order chi connectivity index (χ0) is 23.1. The molecule has 2 heterocycles. The molecule has 1 aliphatic heterocycles. The highest BCUT2D eigenvalue weighted by molar-refractivity contribution is 6.30. The SMILES string of the molecule is O=C(COc1ccc(Cl)c(F)c1)NC1CCN(c2nnc(OCCOC(F)(F)F)o2)CC1. The van der Waals surface area contributed by atoms with Gasteiger partial charge in [0.2, 0.25) is 0 Å². The van der Waals surface area contributed by atoms with Gasteiger partial charge in [-0.1, -0.05) is 21.8 Å². The van der Waals surface area contributed by atoms with E-state index in [1.807, 2.05) is 0 Å². The van der Waals surface area contributed by atoms with Crippen molar-refractivity contribution in [3.8, 4) is 11.8 Å². The van der Waals surface area contributed by atoms with Crippen molar-refractivity contribution in [3.63, 3.8) is 0 Å². The number of piperidine rings is 1. The number of benzene rings is 1. The Hall–Kier alpha value is -2.80. The predicted molar refractivity (Wildman–Crippen MR) is 102 cm³/mol. The summed E-state index contributed by atoms with van der Waals surface area (Å²) in [5.41, 5.74) is 0. The third-order valence-corrected chi connectivity index (χ3v) is 4.67. The summed E-state index contributed by atoms with van der Waals surface area (Å²) in [6, 6.07) is 3.95. The Bertz CT molecular complexity index is 906. The Kier molecular flexibility index (Phi) is 7.96. The van der Waals surface area contributed by atoms with Gasteiger partial charge >= 0.3 is 18.5 Å². The first-order valence-electron chi connectivity index (χ1n) is 9.49. The average Bonchev–Trinajstić information content (AvgIpc) is 3.21. The van der Waals surface area contributed by atoms with Crippen LogP contribution in [0.1, 0.15) is 12.8 Å². The normalized spacial score (nSPS) is 15.0. The maximum atomic E-state index is 13.4. The van der Waals surface area contributed by atoms with E-state index in [0.717, 1.165) is 6.07 Å². The lowest BCUT2D eigenvalue weighted by atomic mass is 10.1. The third kappa shape index (κ3) is 7.41. The second kappa shape index (κ2) is 10.7. The average molecular weight is 483 g/mol. The Balaban J connectivity index is 1.36. The molecule has 2 aromatic rings. The van der Waals surface area contributed by atoms with E-state index in [9.17, 15) is 22.4 Å². The number of aromatic nitrogens is 2. The van der Waals surface area contributed by atoms with Crippen LogP contribution in [0.25, 0.3) is 0 Å². The number of halogens is 5. The Morgan fingerprint density at radius 1 is 1.22 bits per heavy atom. The third-order valence-electron chi connectivity index (χ3n) is 4.36. The van der Waals surface area contributed by atoms with Crippen molar-refractivity contribution < 1.29 is 41.0 Å². The molecule has 1 N–H and O–H groups in total. The fraction of sp³-hybridized carbons (Fsp3) is 0.500. The molecule has 0 bridgehead atoms. The first kappa shape index (κ1) is 23.9. The van der Waals surface area contributed by atoms with Crippen LogP contribution in [-0.2, 0) is 9.53 Å². The first-order valence-corrected chi connectivity index (χ1v) is 9.86. The van der Waals surface area contributed by atoms with E-state index in [1.165, 1.54) is 12.1 Å². The molecule has 0 atom stereocenters. The maximum Gasteiger partial charge on any atom is 0.522 e. The van der Waals surface area contributed by atoms with E-state index in [4.69, 9.17) is 25.5 Å². The van der Waals surface area contributed by atoms with Gasteiger partial charge in [-0.05, 0) is 25.0 Å². The summed E-state index contributed by atoms with van der Waals surface area (Å²) in [6.45, 7) is -0.396. The van der Waals surface area contributed by atoms with E-state index in [2.05, 4.69) is 20.3 Å². The van der Waals surface area contributed by atoms with Crippen molar-refractivity contribution in [2.24, 2.45) is 0 Å². The van der Waals surface area contributed by atoms with Crippen LogP contribution in [0.3, 0.4) is 0 Å². The van der Waals surface area contributed by atoms with Crippen molar-refractivity contribution in [1.82, 2.24) is 15.5 Å². The quantitative estimate of drug-likeness (QED) is 0.430. The van der Waals surface area contributed by atoms with Gasteiger partial charge in [-0.15, -0.1) is 13.2 Å². The molecule has 1 saturated heterocycles. The summed E-state index contributed by atoms with van der Waals surface area (Å²) in [5.74, 6) is -0.800. The Morgan fingerprint density at radius 3 is 2.66 bits per heavy atom. The van der Waals surface area contributed by atoms with Crippen LogP contribution in [0.15, 0.2) is 22.6 Å². The number of alkyl halides is 3. The predicted octanol–water partition coefficient (Wildman–Crippen LogP) is 2.94. The summed E-state index contributed by atoms with van der Waals surface area (Å²) >= 11 is 5.59. The lowest BCUT2D eigenvalue weighted by molar-refractivity contribution is -0.325. The molecule has 14 heteroatoms. The van der Waals surface area contributed by atoms with Crippen LogP contribution in [0.4, 0.5) is 23.6 Å². The number of ether oxygens (including phenoxy) is 3. The summed E-state index contributed by atoms with van der Waals surface area (Å²) in [5, 5.41) is 10.2. The molecule has 0 spiro atoms. The maximum absolute atomic E-state index is 13.4. The highest BCUT2D eigenvalue weighted by Crippen LogP contribution is 2.23. The molecule has 1 fully saturated rings. The number of amides is 1. The van der Waals surface area contributed by atoms with Gasteiger partial charge in [0, 0.05) is 25.2 Å². The fourth-order valence-electron chi connectivity index (χ4n) is 2.87. The molecule has 0 saturated carbocycles. The zero-order valence-electron chi connectivity index (χ0n) is 16.5. The number of nitrogens with one attached hydrogen (secondary N) is 1. The summed E-state index contributed by atoms with van der Waals surface area (Å²) < 4.78 is 68.1. The lowest BCUT2D eigenvalue weighted by Gasteiger charge is -2.30. The molecule has 176 valence electrons. The number of carbonyl (C=O) groups is 1. The van der Waals surface area contributed by atoms with Crippen LogP contribution in [0.5, 0.6) is 11.8 Å². The van der Waals surface area contributed by atoms with Crippen LogP contribution < -0.4 is 19.7 Å². The first-order chi connectivity index (χ1) is 15.2. The molecule has 32 heavy (non-hydrogen) atoms.